The first-order valence-electron chi connectivity index (χ1n) is 7.98. The van der Waals surface area contributed by atoms with Crippen molar-refractivity contribution in [3.63, 3.8) is 0 Å². The Kier molecular flexibility index (Phi) is 3.03. The van der Waals surface area contributed by atoms with Crippen LogP contribution < -0.4 is 0 Å². The molecule has 1 aromatic heterocycles. The van der Waals surface area contributed by atoms with Gasteiger partial charge in [-0.3, -0.25) is 4.98 Å². The van der Waals surface area contributed by atoms with Crippen molar-refractivity contribution in [1.29, 1.82) is 5.41 Å². The Balaban J connectivity index is 1.78. The van der Waals surface area contributed by atoms with Gasteiger partial charge < -0.3 is 10.5 Å². The smallest absolute Gasteiger partial charge is 0.0975 e. The Morgan fingerprint density at radius 3 is 2.86 bits per heavy atom. The second-order valence-electron chi connectivity index (χ2n) is 6.61. The zero-order valence-corrected chi connectivity index (χ0v) is 12.8. The standard InChI is InChI=1S/C19H20N2O/c1-11-16-8-14(19(22)4-5-20)6-13(16)7-15-10-21-18(9-17(11)15)12-2-3-12/h4-5,7,9-10,12,14,20,22H,2-3,6,8H2,1H3/b19-4-,20-5?. The summed E-state index contributed by atoms with van der Waals surface area (Å²) in [5.74, 6) is 1.11. The van der Waals surface area contributed by atoms with E-state index >= 15 is 0 Å². The second-order valence-corrected chi connectivity index (χ2v) is 6.61. The van der Waals surface area contributed by atoms with E-state index in [0.29, 0.717) is 11.7 Å². The van der Waals surface area contributed by atoms with Gasteiger partial charge in [-0.05, 0) is 72.9 Å². The lowest BCUT2D eigenvalue weighted by molar-refractivity contribution is 0.335. The normalized spacial score (nSPS) is 21.1. The number of aliphatic hydroxyl groups excluding tert-OH is 1. The van der Waals surface area contributed by atoms with Gasteiger partial charge in [0.25, 0.3) is 0 Å². The fourth-order valence-electron chi connectivity index (χ4n) is 3.68. The van der Waals surface area contributed by atoms with Gasteiger partial charge in [0.2, 0.25) is 0 Å². The van der Waals surface area contributed by atoms with Crippen molar-refractivity contribution in [2.24, 2.45) is 5.92 Å². The molecule has 3 nitrogen and oxygen atoms in total. The Bertz CT molecular complexity index is 803. The number of pyridine rings is 1. The molecule has 0 amide bonds. The minimum Gasteiger partial charge on any atom is -0.512 e. The lowest BCUT2D eigenvalue weighted by atomic mass is 9.96. The number of aryl methyl sites for hydroxylation is 1. The molecule has 0 saturated heterocycles. The van der Waals surface area contributed by atoms with E-state index in [4.69, 9.17) is 5.41 Å². The van der Waals surface area contributed by atoms with Gasteiger partial charge in [0.15, 0.2) is 0 Å². The van der Waals surface area contributed by atoms with E-state index in [1.807, 2.05) is 6.20 Å². The molecule has 2 N–H and O–H groups in total. The van der Waals surface area contributed by atoms with Crippen molar-refractivity contribution >= 4 is 17.0 Å². The molecule has 2 aliphatic carbocycles. The van der Waals surface area contributed by atoms with Gasteiger partial charge in [0.05, 0.1) is 5.76 Å². The first-order valence-corrected chi connectivity index (χ1v) is 7.98. The van der Waals surface area contributed by atoms with E-state index in [-0.39, 0.29) is 5.92 Å². The lowest BCUT2D eigenvalue weighted by Crippen LogP contribution is -2.03. The third-order valence-corrected chi connectivity index (χ3v) is 5.11. The predicted octanol–water partition coefficient (Wildman–Crippen LogP) is 4.23. The number of rotatable bonds is 3. The maximum atomic E-state index is 10.1. The SMILES string of the molecule is Cc1c2c(cc3cnc(C4CC4)cc13)CC(/C(O)=C/C=N)C2. The fourth-order valence-corrected chi connectivity index (χ4v) is 3.68. The highest BCUT2D eigenvalue weighted by atomic mass is 16.3. The van der Waals surface area contributed by atoms with Crippen LogP contribution in [0.4, 0.5) is 0 Å². The summed E-state index contributed by atoms with van der Waals surface area (Å²) in [6.07, 6.45) is 8.93. The summed E-state index contributed by atoms with van der Waals surface area (Å²) in [7, 11) is 0. The maximum Gasteiger partial charge on any atom is 0.0975 e. The number of nitrogens with one attached hydrogen (secondary N) is 1. The largest absolute Gasteiger partial charge is 0.512 e. The van der Waals surface area contributed by atoms with Gasteiger partial charge in [-0.25, -0.2) is 0 Å². The van der Waals surface area contributed by atoms with Gasteiger partial charge in [-0.1, -0.05) is 0 Å². The summed E-state index contributed by atoms with van der Waals surface area (Å²) < 4.78 is 0. The van der Waals surface area contributed by atoms with Crippen molar-refractivity contribution in [1.82, 2.24) is 4.98 Å². The van der Waals surface area contributed by atoms with E-state index in [1.165, 1.54) is 52.1 Å². The molecule has 1 heterocycles. The van der Waals surface area contributed by atoms with Crippen LogP contribution in [0.15, 0.2) is 30.2 Å². The maximum absolute atomic E-state index is 10.1. The molecule has 2 aliphatic rings. The fraction of sp³-hybridized carbons (Fsp3) is 0.368. The first-order chi connectivity index (χ1) is 10.7. The summed E-state index contributed by atoms with van der Waals surface area (Å²) in [5.41, 5.74) is 5.26. The monoisotopic (exact) mass is 292 g/mol. The topological polar surface area (TPSA) is 57.0 Å². The minimum absolute atomic E-state index is 0.114. The zero-order valence-electron chi connectivity index (χ0n) is 12.8. The van der Waals surface area contributed by atoms with Crippen LogP contribution in [-0.4, -0.2) is 16.3 Å². The van der Waals surface area contributed by atoms with Gasteiger partial charge in [-0.2, -0.15) is 0 Å². The summed E-state index contributed by atoms with van der Waals surface area (Å²) >= 11 is 0. The van der Waals surface area contributed by atoms with Crippen molar-refractivity contribution in [2.75, 3.05) is 0 Å². The molecule has 1 aromatic carbocycles. The summed E-state index contributed by atoms with van der Waals surface area (Å²) in [6.45, 7) is 2.19. The molecular weight excluding hydrogens is 272 g/mol. The van der Waals surface area contributed by atoms with E-state index in [2.05, 4.69) is 24.0 Å². The summed E-state index contributed by atoms with van der Waals surface area (Å²) in [6, 6.07) is 4.50. The molecule has 2 aromatic rings. The van der Waals surface area contributed by atoms with Gasteiger partial charge in [0, 0.05) is 35.3 Å². The highest BCUT2D eigenvalue weighted by Crippen LogP contribution is 2.41. The molecule has 22 heavy (non-hydrogen) atoms. The molecule has 0 radical (unpaired) electrons. The van der Waals surface area contributed by atoms with Gasteiger partial charge in [0.1, 0.15) is 0 Å². The molecule has 1 fully saturated rings. The summed E-state index contributed by atoms with van der Waals surface area (Å²) in [5, 5.41) is 19.7. The van der Waals surface area contributed by atoms with Crippen LogP contribution >= 0.6 is 0 Å². The Labute approximate surface area is 130 Å². The van der Waals surface area contributed by atoms with Crippen molar-refractivity contribution < 1.29 is 5.11 Å². The highest BCUT2D eigenvalue weighted by molar-refractivity contribution is 5.88. The number of hydrogen-bond acceptors (Lipinski definition) is 3. The molecular formula is C19H20N2O. The van der Waals surface area contributed by atoms with Gasteiger partial charge in [-0.15, -0.1) is 0 Å². The van der Waals surface area contributed by atoms with Crippen molar-refractivity contribution in [3.05, 3.63) is 52.5 Å². The third-order valence-electron chi connectivity index (χ3n) is 5.11. The lowest BCUT2D eigenvalue weighted by Gasteiger charge is -2.10. The van der Waals surface area contributed by atoms with Gasteiger partial charge >= 0.3 is 0 Å². The summed E-state index contributed by atoms with van der Waals surface area (Å²) in [4.78, 5) is 4.63. The van der Waals surface area contributed by atoms with Crippen LogP contribution in [0.3, 0.4) is 0 Å². The molecule has 4 rings (SSSR count). The minimum atomic E-state index is 0.114. The van der Waals surface area contributed by atoms with E-state index in [0.717, 1.165) is 19.1 Å². The van der Waals surface area contributed by atoms with E-state index in [1.54, 1.807) is 0 Å². The van der Waals surface area contributed by atoms with Crippen LogP contribution in [0.5, 0.6) is 0 Å². The number of nitrogens with zero attached hydrogens (tertiary/aromatic N) is 1. The number of hydrogen-bond donors (Lipinski definition) is 2. The number of aromatic nitrogens is 1. The number of aliphatic hydroxyl groups is 1. The number of fused-ring (bicyclic) bond motifs is 2. The van der Waals surface area contributed by atoms with Crippen molar-refractivity contribution in [3.8, 4) is 0 Å². The quantitative estimate of drug-likeness (QED) is 0.657. The Hall–Kier alpha value is -2.16. The predicted molar refractivity (Wildman–Crippen MR) is 88.8 cm³/mol. The molecule has 3 heteroatoms. The number of allylic oxidation sites excluding steroid dienone is 2. The number of benzene rings is 1. The molecule has 0 spiro atoms. The first kappa shape index (κ1) is 13.5. The molecule has 0 aliphatic heterocycles. The van der Waals surface area contributed by atoms with E-state index < -0.39 is 0 Å². The van der Waals surface area contributed by atoms with Crippen LogP contribution in [-0.2, 0) is 12.8 Å². The van der Waals surface area contributed by atoms with Crippen LogP contribution in [0, 0.1) is 18.3 Å². The highest BCUT2D eigenvalue weighted by Gasteiger charge is 2.28. The molecule has 1 unspecified atom stereocenters. The van der Waals surface area contributed by atoms with E-state index in [9.17, 15) is 5.11 Å². The average molecular weight is 292 g/mol. The van der Waals surface area contributed by atoms with Crippen molar-refractivity contribution in [2.45, 2.75) is 38.5 Å². The Morgan fingerprint density at radius 2 is 2.14 bits per heavy atom. The molecule has 1 atom stereocenters. The third kappa shape index (κ3) is 2.12. The second kappa shape index (κ2) is 4.94. The molecule has 112 valence electrons. The van der Waals surface area contributed by atoms with Crippen LogP contribution in [0.1, 0.15) is 41.1 Å². The average Bonchev–Trinajstić information content (AvgIpc) is 3.27. The zero-order chi connectivity index (χ0) is 15.3. The Morgan fingerprint density at radius 1 is 1.32 bits per heavy atom. The molecule has 0 bridgehead atoms. The van der Waals surface area contributed by atoms with Crippen LogP contribution in [0.2, 0.25) is 0 Å². The molecule has 1 saturated carbocycles. The van der Waals surface area contributed by atoms with Crippen LogP contribution in [0.25, 0.3) is 10.8 Å².